The van der Waals surface area contributed by atoms with Gasteiger partial charge >= 0.3 is 0 Å². The summed E-state index contributed by atoms with van der Waals surface area (Å²) in [5.74, 6) is 0.809. The van der Waals surface area contributed by atoms with Crippen LogP contribution in [0.1, 0.15) is 13.8 Å². The maximum Gasteiger partial charge on any atom is 0.130 e. The van der Waals surface area contributed by atoms with Gasteiger partial charge in [-0.1, -0.05) is 0 Å². The Morgan fingerprint density at radius 2 is 1.81 bits per heavy atom. The van der Waals surface area contributed by atoms with Crippen molar-refractivity contribution in [3.05, 3.63) is 31.1 Å². The van der Waals surface area contributed by atoms with Gasteiger partial charge in [0, 0.05) is 30.1 Å². The van der Waals surface area contributed by atoms with Crippen LogP contribution >= 0.6 is 0 Å². The molecular weight excluding hydrogens is 202 g/mol. The van der Waals surface area contributed by atoms with Gasteiger partial charge in [-0.15, -0.1) is 0 Å². The normalized spacial score (nSPS) is 10.4. The summed E-state index contributed by atoms with van der Waals surface area (Å²) in [7, 11) is 0. The average Bonchev–Trinajstić information content (AvgIpc) is 2.30. The average molecular weight is 215 g/mol. The van der Waals surface area contributed by atoms with E-state index in [1.54, 1.807) is 12.4 Å². The molecule has 0 fully saturated rings. The topological polar surface area (TPSA) is 63.6 Å². The molecule has 0 saturated heterocycles. The van der Waals surface area contributed by atoms with E-state index in [9.17, 15) is 0 Å². The van der Waals surface area contributed by atoms with Gasteiger partial charge in [-0.25, -0.2) is 19.9 Å². The fraction of sp³-hybridized carbons (Fsp3) is 0.273. The first-order chi connectivity index (χ1) is 7.75. The molecule has 1 N–H and O–H groups in total. The highest BCUT2D eigenvalue weighted by molar-refractivity contribution is 5.60. The maximum absolute atomic E-state index is 4.19. The Bertz CT molecular complexity index is 455. The SMILES string of the molecule is CC(C)Nc1cc(-c2cncnc2)ncn1. The molecule has 5 nitrogen and oxygen atoms in total. The summed E-state index contributed by atoms with van der Waals surface area (Å²) in [6, 6.07) is 2.23. The van der Waals surface area contributed by atoms with E-state index in [1.807, 2.05) is 6.07 Å². The predicted molar refractivity (Wildman–Crippen MR) is 61.8 cm³/mol. The molecule has 2 aromatic heterocycles. The molecule has 16 heavy (non-hydrogen) atoms. The molecule has 5 heteroatoms. The van der Waals surface area contributed by atoms with Gasteiger partial charge in [0.15, 0.2) is 0 Å². The second kappa shape index (κ2) is 4.65. The van der Waals surface area contributed by atoms with Crippen LogP contribution in [0.25, 0.3) is 11.3 Å². The standard InChI is InChI=1S/C11H13N5/c1-8(2)16-11-3-10(14-7-15-11)9-4-12-6-13-5-9/h3-8H,1-2H3,(H,14,15,16). The van der Waals surface area contributed by atoms with E-state index >= 15 is 0 Å². The zero-order chi connectivity index (χ0) is 11.4. The first kappa shape index (κ1) is 10.5. The minimum atomic E-state index is 0.342. The number of hydrogen-bond donors (Lipinski definition) is 1. The van der Waals surface area contributed by atoms with Crippen LogP contribution in [-0.4, -0.2) is 26.0 Å². The second-order valence-electron chi connectivity index (χ2n) is 3.71. The summed E-state index contributed by atoms with van der Waals surface area (Å²) in [4.78, 5) is 16.2. The largest absolute Gasteiger partial charge is 0.368 e. The molecule has 0 unspecified atom stereocenters. The van der Waals surface area contributed by atoms with Crippen molar-refractivity contribution in [3.63, 3.8) is 0 Å². The smallest absolute Gasteiger partial charge is 0.130 e. The molecule has 0 radical (unpaired) electrons. The van der Waals surface area contributed by atoms with Crippen molar-refractivity contribution in [2.45, 2.75) is 19.9 Å². The Balaban J connectivity index is 2.29. The van der Waals surface area contributed by atoms with Gasteiger partial charge in [0.05, 0.1) is 5.69 Å². The first-order valence-electron chi connectivity index (χ1n) is 5.09. The van der Waals surface area contributed by atoms with E-state index in [-0.39, 0.29) is 0 Å². The number of anilines is 1. The lowest BCUT2D eigenvalue weighted by Gasteiger charge is -2.09. The van der Waals surface area contributed by atoms with Crippen molar-refractivity contribution in [1.29, 1.82) is 0 Å². The Hall–Kier alpha value is -2.04. The van der Waals surface area contributed by atoms with Crippen molar-refractivity contribution in [1.82, 2.24) is 19.9 Å². The molecule has 0 bridgehead atoms. The molecular formula is C11H13N5. The summed E-state index contributed by atoms with van der Waals surface area (Å²) in [6.07, 6.45) is 6.49. The zero-order valence-corrected chi connectivity index (χ0v) is 9.25. The van der Waals surface area contributed by atoms with Crippen molar-refractivity contribution < 1.29 is 0 Å². The Kier molecular flexibility index (Phi) is 3.05. The third-order valence-electron chi connectivity index (χ3n) is 1.96. The highest BCUT2D eigenvalue weighted by Gasteiger charge is 2.02. The van der Waals surface area contributed by atoms with Crippen LogP contribution < -0.4 is 5.32 Å². The highest BCUT2D eigenvalue weighted by atomic mass is 15.0. The van der Waals surface area contributed by atoms with E-state index in [2.05, 4.69) is 39.1 Å². The Morgan fingerprint density at radius 1 is 1.06 bits per heavy atom. The number of rotatable bonds is 3. The van der Waals surface area contributed by atoms with Crippen molar-refractivity contribution in [3.8, 4) is 11.3 Å². The van der Waals surface area contributed by atoms with Gasteiger partial charge < -0.3 is 5.32 Å². The first-order valence-corrected chi connectivity index (χ1v) is 5.09. The van der Waals surface area contributed by atoms with Gasteiger partial charge in [-0.3, -0.25) is 0 Å². The van der Waals surface area contributed by atoms with Crippen molar-refractivity contribution in [2.24, 2.45) is 0 Å². The van der Waals surface area contributed by atoms with Crippen LogP contribution in [0.5, 0.6) is 0 Å². The lowest BCUT2D eigenvalue weighted by Crippen LogP contribution is -2.11. The molecule has 0 aliphatic heterocycles. The molecule has 2 rings (SSSR count). The summed E-state index contributed by atoms with van der Waals surface area (Å²) in [6.45, 7) is 4.13. The minimum Gasteiger partial charge on any atom is -0.368 e. The molecule has 2 aromatic rings. The van der Waals surface area contributed by atoms with E-state index < -0.39 is 0 Å². The number of hydrogen-bond acceptors (Lipinski definition) is 5. The number of aromatic nitrogens is 4. The summed E-state index contributed by atoms with van der Waals surface area (Å²) >= 11 is 0. The second-order valence-corrected chi connectivity index (χ2v) is 3.71. The zero-order valence-electron chi connectivity index (χ0n) is 9.25. The van der Waals surface area contributed by atoms with Gasteiger partial charge in [0.2, 0.25) is 0 Å². The van der Waals surface area contributed by atoms with E-state index in [4.69, 9.17) is 0 Å². The van der Waals surface area contributed by atoms with Gasteiger partial charge in [0.25, 0.3) is 0 Å². The summed E-state index contributed by atoms with van der Waals surface area (Å²) < 4.78 is 0. The van der Waals surface area contributed by atoms with Crippen molar-refractivity contribution in [2.75, 3.05) is 5.32 Å². The number of nitrogens with zero attached hydrogens (tertiary/aromatic N) is 4. The van der Waals surface area contributed by atoms with Gasteiger partial charge in [-0.2, -0.15) is 0 Å². The molecule has 0 aromatic carbocycles. The predicted octanol–water partition coefficient (Wildman–Crippen LogP) is 1.75. The quantitative estimate of drug-likeness (QED) is 0.845. The molecule has 0 spiro atoms. The van der Waals surface area contributed by atoms with Gasteiger partial charge in [0.1, 0.15) is 18.5 Å². The van der Waals surface area contributed by atoms with Crippen LogP contribution in [0.4, 0.5) is 5.82 Å². The van der Waals surface area contributed by atoms with E-state index in [0.29, 0.717) is 6.04 Å². The molecule has 82 valence electrons. The maximum atomic E-state index is 4.19. The van der Waals surface area contributed by atoms with Crippen LogP contribution in [-0.2, 0) is 0 Å². The minimum absolute atomic E-state index is 0.342. The van der Waals surface area contributed by atoms with Crippen LogP contribution in [0.3, 0.4) is 0 Å². The third-order valence-corrected chi connectivity index (χ3v) is 1.96. The molecule has 0 aliphatic rings. The molecule has 0 atom stereocenters. The fourth-order valence-electron chi connectivity index (χ4n) is 1.32. The lowest BCUT2D eigenvalue weighted by atomic mass is 10.2. The monoisotopic (exact) mass is 215 g/mol. The Labute approximate surface area is 94.0 Å². The van der Waals surface area contributed by atoms with Crippen LogP contribution in [0.2, 0.25) is 0 Å². The third kappa shape index (κ3) is 2.50. The highest BCUT2D eigenvalue weighted by Crippen LogP contribution is 2.16. The van der Waals surface area contributed by atoms with E-state index in [1.165, 1.54) is 12.7 Å². The summed E-state index contributed by atoms with van der Waals surface area (Å²) in [5, 5.41) is 3.22. The van der Waals surface area contributed by atoms with Crippen LogP contribution in [0, 0.1) is 0 Å². The van der Waals surface area contributed by atoms with Crippen molar-refractivity contribution >= 4 is 5.82 Å². The Morgan fingerprint density at radius 3 is 2.50 bits per heavy atom. The van der Waals surface area contributed by atoms with Crippen LogP contribution in [0.15, 0.2) is 31.1 Å². The summed E-state index contributed by atoms with van der Waals surface area (Å²) in [5.41, 5.74) is 1.70. The lowest BCUT2D eigenvalue weighted by molar-refractivity contribution is 0.886. The fourth-order valence-corrected chi connectivity index (χ4v) is 1.32. The molecule has 2 heterocycles. The molecule has 0 aliphatic carbocycles. The van der Waals surface area contributed by atoms with Gasteiger partial charge in [-0.05, 0) is 13.8 Å². The van der Waals surface area contributed by atoms with E-state index in [0.717, 1.165) is 17.1 Å². The molecule has 0 saturated carbocycles. The number of nitrogens with one attached hydrogen (secondary N) is 1. The molecule has 0 amide bonds.